The molecule has 112 valence electrons. The van der Waals surface area contributed by atoms with E-state index in [4.69, 9.17) is 5.73 Å². The number of rotatable bonds is 7. The first-order valence-corrected chi connectivity index (χ1v) is 7.96. The molecule has 0 spiro atoms. The number of hydrogen-bond acceptors (Lipinski definition) is 2. The monoisotopic (exact) mass is 340 g/mol. The molecule has 20 heavy (non-hydrogen) atoms. The summed E-state index contributed by atoms with van der Waals surface area (Å²) in [5, 5.41) is 3.04. The average Bonchev–Trinajstić information content (AvgIpc) is 2.37. The van der Waals surface area contributed by atoms with Gasteiger partial charge in [-0.05, 0) is 49.4 Å². The van der Waals surface area contributed by atoms with Gasteiger partial charge >= 0.3 is 0 Å². The van der Waals surface area contributed by atoms with Crippen molar-refractivity contribution >= 4 is 21.8 Å². The summed E-state index contributed by atoms with van der Waals surface area (Å²) in [6.07, 6.45) is 1.51. The summed E-state index contributed by atoms with van der Waals surface area (Å²) in [6, 6.07) is 8.03. The van der Waals surface area contributed by atoms with Crippen LogP contribution in [0.3, 0.4) is 0 Å². The third-order valence-corrected chi connectivity index (χ3v) is 3.89. The molecule has 3 nitrogen and oxygen atoms in total. The fourth-order valence-corrected chi connectivity index (χ4v) is 2.59. The highest BCUT2D eigenvalue weighted by atomic mass is 79.9. The number of hydrogen-bond donors (Lipinski definition) is 2. The second kappa shape index (κ2) is 8.42. The summed E-state index contributed by atoms with van der Waals surface area (Å²) in [6.45, 7) is 6.88. The molecule has 1 unspecified atom stereocenters. The van der Waals surface area contributed by atoms with Crippen LogP contribution in [-0.2, 0) is 4.79 Å². The van der Waals surface area contributed by atoms with Crippen molar-refractivity contribution in [3.63, 3.8) is 0 Å². The van der Waals surface area contributed by atoms with E-state index >= 15 is 0 Å². The van der Waals surface area contributed by atoms with Crippen molar-refractivity contribution in [1.82, 2.24) is 5.32 Å². The number of halogens is 1. The van der Waals surface area contributed by atoms with Gasteiger partial charge in [-0.15, -0.1) is 0 Å². The molecule has 3 N–H and O–H groups in total. The zero-order valence-electron chi connectivity index (χ0n) is 12.5. The zero-order chi connectivity index (χ0) is 15.1. The van der Waals surface area contributed by atoms with Gasteiger partial charge in [-0.3, -0.25) is 4.79 Å². The van der Waals surface area contributed by atoms with Crippen LogP contribution in [0.2, 0.25) is 0 Å². The largest absolute Gasteiger partial charge is 0.350 e. The molecule has 0 aliphatic heterocycles. The van der Waals surface area contributed by atoms with Gasteiger partial charge in [0, 0.05) is 10.9 Å². The second-order valence-electron chi connectivity index (χ2n) is 5.78. The maximum atomic E-state index is 12.1. The minimum absolute atomic E-state index is 0.0214. The first-order chi connectivity index (χ1) is 9.42. The van der Waals surface area contributed by atoms with E-state index in [9.17, 15) is 4.79 Å². The van der Waals surface area contributed by atoms with Crippen molar-refractivity contribution < 1.29 is 4.79 Å². The number of benzene rings is 1. The van der Waals surface area contributed by atoms with Crippen LogP contribution >= 0.6 is 15.9 Å². The summed E-state index contributed by atoms with van der Waals surface area (Å²) in [5.74, 6) is 0.920. The molecule has 0 saturated heterocycles. The maximum absolute atomic E-state index is 12.1. The van der Waals surface area contributed by atoms with Crippen molar-refractivity contribution in [3.05, 3.63) is 34.3 Å². The summed E-state index contributed by atoms with van der Waals surface area (Å²) in [4.78, 5) is 12.1. The van der Waals surface area contributed by atoms with Crippen molar-refractivity contribution in [2.75, 3.05) is 6.54 Å². The van der Waals surface area contributed by atoms with Gasteiger partial charge in [-0.25, -0.2) is 0 Å². The van der Waals surface area contributed by atoms with Crippen LogP contribution in [0.4, 0.5) is 0 Å². The number of nitrogens with two attached hydrogens (primary N) is 1. The molecule has 0 fully saturated rings. The molecule has 0 radical (unpaired) electrons. The molecule has 0 bridgehead atoms. The number of amides is 1. The lowest BCUT2D eigenvalue weighted by Crippen LogP contribution is -2.30. The molecule has 2 atom stereocenters. The first kappa shape index (κ1) is 17.2. The van der Waals surface area contributed by atoms with Crippen LogP contribution in [0.15, 0.2) is 28.7 Å². The fraction of sp³-hybridized carbons (Fsp3) is 0.562. The van der Waals surface area contributed by atoms with Gasteiger partial charge in [-0.1, -0.05) is 41.9 Å². The van der Waals surface area contributed by atoms with Gasteiger partial charge < -0.3 is 11.1 Å². The summed E-state index contributed by atoms with van der Waals surface area (Å²) in [5.41, 5.74) is 6.85. The molecule has 0 aliphatic rings. The number of carbonyl (C=O) groups excluding carboxylic acids is 1. The Hall–Kier alpha value is -0.870. The Labute approximate surface area is 130 Å². The van der Waals surface area contributed by atoms with Crippen LogP contribution in [0.25, 0.3) is 0 Å². The van der Waals surface area contributed by atoms with E-state index in [1.54, 1.807) is 0 Å². The van der Waals surface area contributed by atoms with Gasteiger partial charge in [0.2, 0.25) is 5.91 Å². The third-order valence-electron chi connectivity index (χ3n) is 3.36. The highest BCUT2D eigenvalue weighted by Crippen LogP contribution is 2.18. The van der Waals surface area contributed by atoms with Crippen molar-refractivity contribution in [2.24, 2.45) is 17.6 Å². The Morgan fingerprint density at radius 3 is 2.35 bits per heavy atom. The lowest BCUT2D eigenvalue weighted by atomic mass is 9.94. The molecule has 1 amide bonds. The van der Waals surface area contributed by atoms with Crippen molar-refractivity contribution in [1.29, 1.82) is 0 Å². The Morgan fingerprint density at radius 2 is 1.85 bits per heavy atom. The third kappa shape index (κ3) is 6.06. The number of carbonyl (C=O) groups is 1. The van der Waals surface area contributed by atoms with Gasteiger partial charge in [-0.2, -0.15) is 0 Å². The van der Waals surface area contributed by atoms with Crippen LogP contribution in [0.5, 0.6) is 0 Å². The maximum Gasteiger partial charge on any atom is 0.220 e. The van der Waals surface area contributed by atoms with Crippen LogP contribution < -0.4 is 11.1 Å². The summed E-state index contributed by atoms with van der Waals surface area (Å²) < 4.78 is 1.04. The molecular formula is C16H25BrN2O. The minimum Gasteiger partial charge on any atom is -0.350 e. The topological polar surface area (TPSA) is 55.1 Å². The molecule has 1 rings (SSSR count). The normalized spacial score (nSPS) is 14.1. The quantitative estimate of drug-likeness (QED) is 0.796. The molecule has 4 heteroatoms. The molecule has 0 saturated carbocycles. The minimum atomic E-state index is 0.0214. The van der Waals surface area contributed by atoms with Gasteiger partial charge in [0.1, 0.15) is 0 Å². The average molecular weight is 341 g/mol. The van der Waals surface area contributed by atoms with Gasteiger partial charge in [0.05, 0.1) is 6.04 Å². The fourth-order valence-electron chi connectivity index (χ4n) is 2.33. The summed E-state index contributed by atoms with van der Waals surface area (Å²) >= 11 is 3.41. The van der Waals surface area contributed by atoms with E-state index < -0.39 is 0 Å². The van der Waals surface area contributed by atoms with E-state index in [1.807, 2.05) is 31.2 Å². The van der Waals surface area contributed by atoms with Crippen LogP contribution in [0, 0.1) is 11.8 Å². The van der Waals surface area contributed by atoms with Gasteiger partial charge in [0.15, 0.2) is 0 Å². The molecular weight excluding hydrogens is 316 g/mol. The lowest BCUT2D eigenvalue weighted by molar-refractivity contribution is -0.122. The van der Waals surface area contributed by atoms with E-state index in [1.165, 1.54) is 0 Å². The number of nitrogens with one attached hydrogen (secondary N) is 1. The smallest absolute Gasteiger partial charge is 0.220 e. The van der Waals surface area contributed by atoms with E-state index in [0.717, 1.165) is 16.5 Å². The van der Waals surface area contributed by atoms with E-state index in [0.29, 0.717) is 18.9 Å². The van der Waals surface area contributed by atoms with Crippen molar-refractivity contribution in [3.8, 4) is 0 Å². The van der Waals surface area contributed by atoms with Crippen molar-refractivity contribution in [2.45, 2.75) is 39.7 Å². The predicted molar refractivity (Wildman–Crippen MR) is 87.3 cm³/mol. The summed E-state index contributed by atoms with van der Waals surface area (Å²) in [7, 11) is 0. The Morgan fingerprint density at radius 1 is 1.25 bits per heavy atom. The molecule has 0 heterocycles. The Balaban J connectivity index is 2.50. The van der Waals surface area contributed by atoms with Gasteiger partial charge in [0.25, 0.3) is 0 Å². The van der Waals surface area contributed by atoms with E-state index in [2.05, 4.69) is 35.1 Å². The second-order valence-corrected chi connectivity index (χ2v) is 6.69. The molecule has 0 aromatic heterocycles. The lowest BCUT2D eigenvalue weighted by Gasteiger charge is -2.19. The predicted octanol–water partition coefficient (Wildman–Crippen LogP) is 3.64. The highest BCUT2D eigenvalue weighted by Gasteiger charge is 2.16. The highest BCUT2D eigenvalue weighted by molar-refractivity contribution is 9.10. The van der Waals surface area contributed by atoms with Crippen LogP contribution in [-0.4, -0.2) is 12.5 Å². The van der Waals surface area contributed by atoms with E-state index in [-0.39, 0.29) is 17.9 Å². The first-order valence-electron chi connectivity index (χ1n) is 7.17. The SMILES string of the molecule is CC(C)C[C@H](CN)CC(=O)NC(C)c1ccc(Br)cc1. The Bertz CT molecular complexity index is 417. The standard InChI is InChI=1S/C16H25BrN2O/c1-11(2)8-13(10-18)9-16(20)19-12(3)14-4-6-15(17)7-5-14/h4-7,11-13H,8-10,18H2,1-3H3,(H,19,20)/t12?,13-/m0/s1. The Kier molecular flexibility index (Phi) is 7.24. The molecule has 1 aromatic carbocycles. The zero-order valence-corrected chi connectivity index (χ0v) is 14.1. The van der Waals surface area contributed by atoms with Crippen LogP contribution in [0.1, 0.15) is 45.2 Å². The molecule has 0 aliphatic carbocycles. The molecule has 1 aromatic rings.